The maximum atomic E-state index is 11.4. The second kappa shape index (κ2) is 7.38. The summed E-state index contributed by atoms with van der Waals surface area (Å²) in [7, 11) is 1.38. The molecule has 2 rings (SSSR count). The Labute approximate surface area is 133 Å². The van der Waals surface area contributed by atoms with Crippen LogP contribution < -0.4 is 5.73 Å². The van der Waals surface area contributed by atoms with E-state index in [2.05, 4.69) is 0 Å². The molecule has 2 N–H and O–H groups in total. The van der Waals surface area contributed by atoms with Crippen LogP contribution in [-0.4, -0.2) is 18.8 Å². The van der Waals surface area contributed by atoms with E-state index in [-0.39, 0.29) is 17.0 Å². The van der Waals surface area contributed by atoms with Gasteiger partial charge in [-0.15, -0.1) is 11.8 Å². The number of halogens is 1. The number of carbonyl (C=O) groups is 1. The molecule has 3 nitrogen and oxygen atoms in total. The minimum Gasteiger partial charge on any atom is -0.468 e. The van der Waals surface area contributed by atoms with Gasteiger partial charge in [-0.25, -0.2) is 0 Å². The molecule has 0 radical (unpaired) electrons. The highest BCUT2D eigenvalue weighted by atomic mass is 35.5. The van der Waals surface area contributed by atoms with Crippen molar-refractivity contribution >= 4 is 35.0 Å². The molecule has 0 amide bonds. The lowest BCUT2D eigenvalue weighted by Gasteiger charge is -2.20. The van der Waals surface area contributed by atoms with Gasteiger partial charge < -0.3 is 10.5 Å². The lowest BCUT2D eigenvalue weighted by atomic mass is 10.0. The van der Waals surface area contributed by atoms with Crippen LogP contribution >= 0.6 is 23.4 Å². The first kappa shape index (κ1) is 15.7. The predicted octanol–water partition coefficient (Wildman–Crippen LogP) is 3.92. The Morgan fingerprint density at radius 3 is 2.43 bits per heavy atom. The van der Waals surface area contributed by atoms with E-state index in [1.807, 2.05) is 48.5 Å². The molecule has 0 fully saturated rings. The third-order valence-corrected chi connectivity index (χ3v) is 4.65. The number of benzene rings is 2. The Morgan fingerprint density at radius 2 is 1.81 bits per heavy atom. The number of ether oxygens (including phenoxy) is 1. The molecule has 5 heteroatoms. The molecule has 2 aromatic carbocycles. The van der Waals surface area contributed by atoms with Crippen molar-refractivity contribution in [1.29, 1.82) is 0 Å². The summed E-state index contributed by atoms with van der Waals surface area (Å²) < 4.78 is 4.71. The number of nitrogens with two attached hydrogens (primary N) is 1. The van der Waals surface area contributed by atoms with E-state index in [0.29, 0.717) is 10.7 Å². The predicted molar refractivity (Wildman–Crippen MR) is 88.6 cm³/mol. The second-order valence-electron chi connectivity index (χ2n) is 4.42. The van der Waals surface area contributed by atoms with Gasteiger partial charge in [0, 0.05) is 10.7 Å². The molecule has 0 saturated heterocycles. The smallest absolute Gasteiger partial charge is 0.315 e. The van der Waals surface area contributed by atoms with Crippen LogP contribution in [0.4, 0.5) is 5.69 Å². The number of nitrogen functional groups attached to an aromatic ring is 1. The van der Waals surface area contributed by atoms with Gasteiger partial charge in [0.15, 0.2) is 0 Å². The number of para-hydroxylation sites is 1. The Kier molecular flexibility index (Phi) is 5.53. The average Bonchev–Trinajstić information content (AvgIpc) is 2.50. The molecule has 0 aliphatic heterocycles. The summed E-state index contributed by atoms with van der Waals surface area (Å²) in [5, 5.41) is 0.544. The second-order valence-corrected chi connectivity index (χ2v) is 5.92. The van der Waals surface area contributed by atoms with E-state index in [1.54, 1.807) is 0 Å². The first-order valence-electron chi connectivity index (χ1n) is 6.40. The number of hydrogen-bond donors (Lipinski definition) is 1. The van der Waals surface area contributed by atoms with Gasteiger partial charge in [0.2, 0.25) is 0 Å². The van der Waals surface area contributed by atoms with Crippen molar-refractivity contribution in [3.05, 3.63) is 64.7 Å². The van der Waals surface area contributed by atoms with Gasteiger partial charge in [-0.3, -0.25) is 4.79 Å². The van der Waals surface area contributed by atoms with Crippen molar-refractivity contribution in [1.82, 2.24) is 0 Å². The maximum Gasteiger partial charge on any atom is 0.315 e. The normalized spacial score (nSPS) is 11.9. The largest absolute Gasteiger partial charge is 0.468 e. The summed E-state index contributed by atoms with van der Waals surface area (Å²) in [5.41, 5.74) is 8.64. The van der Waals surface area contributed by atoms with Crippen LogP contribution in [0.5, 0.6) is 0 Å². The van der Waals surface area contributed by atoms with E-state index in [0.717, 1.165) is 11.1 Å². The zero-order valence-electron chi connectivity index (χ0n) is 11.6. The van der Waals surface area contributed by atoms with Crippen molar-refractivity contribution in [2.75, 3.05) is 18.6 Å². The molecule has 1 atom stereocenters. The first-order chi connectivity index (χ1) is 10.1. The van der Waals surface area contributed by atoms with Gasteiger partial charge in [-0.05, 0) is 23.3 Å². The number of anilines is 1. The van der Waals surface area contributed by atoms with Gasteiger partial charge in [0.05, 0.1) is 18.1 Å². The quantitative estimate of drug-likeness (QED) is 0.670. The molecule has 0 aromatic heterocycles. The third-order valence-electron chi connectivity index (χ3n) is 3.06. The summed E-state index contributed by atoms with van der Waals surface area (Å²) in [4.78, 5) is 11.4. The fourth-order valence-electron chi connectivity index (χ4n) is 1.99. The van der Waals surface area contributed by atoms with E-state index >= 15 is 0 Å². The van der Waals surface area contributed by atoms with Gasteiger partial charge in [0.1, 0.15) is 0 Å². The Balaban J connectivity index is 2.38. The highest BCUT2D eigenvalue weighted by molar-refractivity contribution is 8.00. The molecule has 2 aromatic rings. The lowest BCUT2D eigenvalue weighted by Crippen LogP contribution is -2.08. The number of esters is 1. The number of hydrogen-bond acceptors (Lipinski definition) is 4. The SMILES string of the molecule is COC(=O)CSC(c1ccccc1N)c1ccccc1Cl. The van der Waals surface area contributed by atoms with Crippen molar-refractivity contribution in [2.45, 2.75) is 5.25 Å². The van der Waals surface area contributed by atoms with Gasteiger partial charge in [-0.1, -0.05) is 48.0 Å². The van der Waals surface area contributed by atoms with Crippen LogP contribution in [-0.2, 0) is 9.53 Å². The summed E-state index contributed by atoms with van der Waals surface area (Å²) >= 11 is 7.75. The molecule has 110 valence electrons. The third kappa shape index (κ3) is 3.93. The molecule has 0 bridgehead atoms. The van der Waals surface area contributed by atoms with Crippen LogP contribution in [0, 0.1) is 0 Å². The molecular formula is C16H16ClNO2S. The van der Waals surface area contributed by atoms with Crippen molar-refractivity contribution < 1.29 is 9.53 Å². The summed E-state index contributed by atoms with van der Waals surface area (Å²) in [6, 6.07) is 15.2. The van der Waals surface area contributed by atoms with Crippen LogP contribution in [0.3, 0.4) is 0 Å². The minimum absolute atomic E-state index is 0.112. The van der Waals surface area contributed by atoms with Crippen molar-refractivity contribution in [3.63, 3.8) is 0 Å². The number of methoxy groups -OCH3 is 1. The maximum absolute atomic E-state index is 11.4. The summed E-state index contributed by atoms with van der Waals surface area (Å²) in [6.07, 6.45) is 0. The molecule has 0 aliphatic carbocycles. The molecule has 0 aliphatic rings. The number of carbonyl (C=O) groups excluding carboxylic acids is 1. The topological polar surface area (TPSA) is 52.3 Å². The Morgan fingerprint density at radius 1 is 1.19 bits per heavy atom. The number of rotatable bonds is 5. The van der Waals surface area contributed by atoms with E-state index in [1.165, 1.54) is 18.9 Å². The summed E-state index contributed by atoms with van der Waals surface area (Å²) in [5.74, 6) is -0.0349. The fraction of sp³-hybridized carbons (Fsp3) is 0.188. The lowest BCUT2D eigenvalue weighted by molar-refractivity contribution is -0.137. The molecule has 0 saturated carbocycles. The van der Waals surface area contributed by atoms with Gasteiger partial charge in [0.25, 0.3) is 0 Å². The molecule has 0 spiro atoms. The summed E-state index contributed by atoms with van der Waals surface area (Å²) in [6.45, 7) is 0. The van der Waals surface area contributed by atoms with Crippen LogP contribution in [0.1, 0.15) is 16.4 Å². The first-order valence-corrected chi connectivity index (χ1v) is 7.83. The Bertz CT molecular complexity index is 588. The number of thioether (sulfide) groups is 1. The van der Waals surface area contributed by atoms with Crippen molar-refractivity contribution in [3.8, 4) is 0 Å². The molecular weight excluding hydrogens is 306 g/mol. The highest BCUT2D eigenvalue weighted by Crippen LogP contribution is 2.41. The van der Waals surface area contributed by atoms with Crippen molar-refractivity contribution in [2.24, 2.45) is 0 Å². The zero-order valence-corrected chi connectivity index (χ0v) is 13.2. The molecule has 21 heavy (non-hydrogen) atoms. The van der Waals surface area contributed by atoms with Crippen LogP contribution in [0.15, 0.2) is 48.5 Å². The van der Waals surface area contributed by atoms with Gasteiger partial charge >= 0.3 is 5.97 Å². The minimum atomic E-state index is -0.272. The highest BCUT2D eigenvalue weighted by Gasteiger charge is 2.20. The molecule has 0 heterocycles. The van der Waals surface area contributed by atoms with Crippen LogP contribution in [0.25, 0.3) is 0 Å². The monoisotopic (exact) mass is 321 g/mol. The van der Waals surface area contributed by atoms with E-state index in [9.17, 15) is 4.79 Å². The Hall–Kier alpha value is -1.65. The van der Waals surface area contributed by atoms with E-state index in [4.69, 9.17) is 22.1 Å². The zero-order chi connectivity index (χ0) is 15.2. The molecule has 1 unspecified atom stereocenters. The fourth-order valence-corrected chi connectivity index (χ4v) is 3.50. The van der Waals surface area contributed by atoms with Crippen LogP contribution in [0.2, 0.25) is 5.02 Å². The standard InChI is InChI=1S/C16H16ClNO2S/c1-20-15(19)10-21-16(11-6-2-4-8-13(11)17)12-7-3-5-9-14(12)18/h2-9,16H,10,18H2,1H3. The van der Waals surface area contributed by atoms with Gasteiger partial charge in [-0.2, -0.15) is 0 Å². The average molecular weight is 322 g/mol. The van der Waals surface area contributed by atoms with E-state index < -0.39 is 0 Å².